The molecule has 0 radical (unpaired) electrons. The van der Waals surface area contributed by atoms with E-state index in [-0.39, 0.29) is 24.2 Å². The van der Waals surface area contributed by atoms with Crippen LogP contribution in [0.4, 0.5) is 0 Å². The Bertz CT molecular complexity index is 884. The number of hydrogen-bond donors (Lipinski definition) is 2. The number of carbonyl (C=O) groups excluding carboxylic acids is 2. The van der Waals surface area contributed by atoms with Crippen LogP contribution < -0.4 is 10.6 Å². The van der Waals surface area contributed by atoms with E-state index in [1.54, 1.807) is 0 Å². The van der Waals surface area contributed by atoms with E-state index in [4.69, 9.17) is 0 Å². The molecular weight excluding hydrogens is 406 g/mol. The van der Waals surface area contributed by atoms with Crippen molar-refractivity contribution in [3.63, 3.8) is 0 Å². The summed E-state index contributed by atoms with van der Waals surface area (Å²) in [5.74, 6) is 0.432. The molecule has 0 aromatic heterocycles. The number of halogens is 1. The molecule has 2 aromatic carbocycles. The topological polar surface area (TPSA) is 61.4 Å². The van der Waals surface area contributed by atoms with E-state index in [0.29, 0.717) is 17.9 Å². The van der Waals surface area contributed by atoms with Gasteiger partial charge in [-0.15, -0.1) is 24.2 Å². The van der Waals surface area contributed by atoms with Crippen LogP contribution in [0.1, 0.15) is 39.9 Å². The van der Waals surface area contributed by atoms with Crippen molar-refractivity contribution in [1.82, 2.24) is 15.5 Å². The van der Waals surface area contributed by atoms with Crippen LogP contribution in [0.2, 0.25) is 0 Å². The lowest BCUT2D eigenvalue weighted by Gasteiger charge is -2.15. The molecule has 2 aliphatic heterocycles. The highest BCUT2D eigenvalue weighted by molar-refractivity contribution is 8.00. The predicted molar refractivity (Wildman–Crippen MR) is 118 cm³/mol. The van der Waals surface area contributed by atoms with Crippen LogP contribution in [-0.4, -0.2) is 35.6 Å². The normalized spacial score (nSPS) is 15.0. The maximum Gasteiger partial charge on any atom is 0.252 e. The second kappa shape index (κ2) is 10.1. The number of likely N-dealkylation sites (tertiary alicyclic amines) is 1. The molecule has 0 aliphatic carbocycles. The highest BCUT2D eigenvalue weighted by Crippen LogP contribution is 2.24. The second-order valence-corrected chi connectivity index (χ2v) is 8.28. The Kier molecular flexibility index (Phi) is 7.58. The molecule has 5 nitrogen and oxygen atoms in total. The Morgan fingerprint density at radius 3 is 2.62 bits per heavy atom. The molecule has 2 heterocycles. The summed E-state index contributed by atoms with van der Waals surface area (Å²) in [5, 5.41) is 6.36. The fourth-order valence-corrected chi connectivity index (χ4v) is 4.67. The average Bonchev–Trinajstić information content (AvgIpc) is 3.42. The molecule has 1 fully saturated rings. The van der Waals surface area contributed by atoms with Gasteiger partial charge in [0.05, 0.1) is 11.3 Å². The van der Waals surface area contributed by atoms with Gasteiger partial charge in [0.1, 0.15) is 0 Å². The Balaban J connectivity index is 0.00000240. The molecule has 2 amide bonds. The van der Waals surface area contributed by atoms with Crippen molar-refractivity contribution in [2.45, 2.75) is 37.4 Å². The van der Waals surface area contributed by atoms with Crippen LogP contribution in [-0.2, 0) is 24.4 Å². The number of amides is 2. The van der Waals surface area contributed by atoms with Crippen LogP contribution in [0.15, 0.2) is 47.4 Å². The van der Waals surface area contributed by atoms with Crippen molar-refractivity contribution in [1.29, 1.82) is 0 Å². The standard InChI is InChI=1S/C22H25N3O2S.ClH/c26-21(25-9-3-4-10-25)15-28-20-6-2-1-5-19(20)22(27)24-12-16-7-8-17-13-23-14-18(17)11-16;/h1-2,5-8,11,23H,3-4,9-10,12-15H2,(H,24,27);1H. The molecule has 0 bridgehead atoms. The number of carbonyl (C=O) groups is 2. The van der Waals surface area contributed by atoms with Gasteiger partial charge < -0.3 is 15.5 Å². The monoisotopic (exact) mass is 431 g/mol. The summed E-state index contributed by atoms with van der Waals surface area (Å²) in [4.78, 5) is 27.8. The fraction of sp³-hybridized carbons (Fsp3) is 0.364. The second-order valence-electron chi connectivity index (χ2n) is 7.26. The van der Waals surface area contributed by atoms with Gasteiger partial charge in [0.15, 0.2) is 0 Å². The highest BCUT2D eigenvalue weighted by atomic mass is 35.5. The molecule has 0 unspecified atom stereocenters. The van der Waals surface area contributed by atoms with Crippen LogP contribution in [0.3, 0.4) is 0 Å². The number of thioether (sulfide) groups is 1. The first-order valence-corrected chi connectivity index (χ1v) is 10.8. The third kappa shape index (κ3) is 5.32. The highest BCUT2D eigenvalue weighted by Gasteiger charge is 2.19. The average molecular weight is 432 g/mol. The summed E-state index contributed by atoms with van der Waals surface area (Å²) in [7, 11) is 0. The third-order valence-corrected chi connectivity index (χ3v) is 6.35. The fourth-order valence-electron chi connectivity index (χ4n) is 3.71. The van der Waals surface area contributed by atoms with Crippen molar-refractivity contribution in [2.24, 2.45) is 0 Å². The number of benzene rings is 2. The molecule has 29 heavy (non-hydrogen) atoms. The minimum Gasteiger partial charge on any atom is -0.348 e. The SMILES string of the molecule is Cl.O=C(NCc1ccc2c(c1)CNC2)c1ccccc1SCC(=O)N1CCCC1. The zero-order chi connectivity index (χ0) is 19.3. The molecule has 154 valence electrons. The van der Waals surface area contributed by atoms with Gasteiger partial charge in [-0.25, -0.2) is 0 Å². The van der Waals surface area contributed by atoms with Gasteiger partial charge in [0.25, 0.3) is 5.91 Å². The molecule has 0 saturated carbocycles. The first-order chi connectivity index (χ1) is 13.7. The molecule has 2 N–H and O–H groups in total. The lowest BCUT2D eigenvalue weighted by Crippen LogP contribution is -2.29. The van der Waals surface area contributed by atoms with E-state index in [1.165, 1.54) is 22.9 Å². The van der Waals surface area contributed by atoms with E-state index in [2.05, 4.69) is 28.8 Å². The van der Waals surface area contributed by atoms with Gasteiger partial charge in [0, 0.05) is 37.6 Å². The van der Waals surface area contributed by atoms with Gasteiger partial charge in [-0.2, -0.15) is 0 Å². The number of fused-ring (bicyclic) bond motifs is 1. The van der Waals surface area contributed by atoms with Gasteiger partial charge >= 0.3 is 0 Å². The molecule has 2 aliphatic rings. The summed E-state index contributed by atoms with van der Waals surface area (Å²) in [5.41, 5.74) is 4.37. The van der Waals surface area contributed by atoms with Crippen LogP contribution in [0.25, 0.3) is 0 Å². The first kappa shape index (κ1) is 21.7. The summed E-state index contributed by atoms with van der Waals surface area (Å²) < 4.78 is 0. The van der Waals surface area contributed by atoms with Crippen molar-refractivity contribution in [3.8, 4) is 0 Å². The largest absolute Gasteiger partial charge is 0.348 e. The van der Waals surface area contributed by atoms with Crippen molar-refractivity contribution in [3.05, 3.63) is 64.7 Å². The van der Waals surface area contributed by atoms with Crippen LogP contribution in [0, 0.1) is 0 Å². The maximum absolute atomic E-state index is 12.7. The third-order valence-electron chi connectivity index (χ3n) is 5.30. The Labute approximate surface area is 182 Å². The van der Waals surface area contributed by atoms with Gasteiger partial charge in [-0.3, -0.25) is 9.59 Å². The van der Waals surface area contributed by atoms with Crippen molar-refractivity contribution in [2.75, 3.05) is 18.8 Å². The Morgan fingerprint density at radius 1 is 1.03 bits per heavy atom. The number of rotatable bonds is 6. The van der Waals surface area contributed by atoms with E-state index in [0.717, 1.165) is 49.5 Å². The van der Waals surface area contributed by atoms with E-state index < -0.39 is 0 Å². The lowest BCUT2D eigenvalue weighted by atomic mass is 10.1. The molecule has 7 heteroatoms. The smallest absolute Gasteiger partial charge is 0.252 e. The predicted octanol–water partition coefficient (Wildman–Crippen LogP) is 3.36. The van der Waals surface area contributed by atoms with Crippen molar-refractivity contribution < 1.29 is 9.59 Å². The maximum atomic E-state index is 12.7. The number of hydrogen-bond acceptors (Lipinski definition) is 4. The quantitative estimate of drug-likeness (QED) is 0.688. The summed E-state index contributed by atoms with van der Waals surface area (Å²) in [6, 6.07) is 13.9. The molecule has 2 aromatic rings. The van der Waals surface area contributed by atoms with Gasteiger partial charge in [-0.1, -0.05) is 30.3 Å². The zero-order valence-corrected chi connectivity index (χ0v) is 17.9. The van der Waals surface area contributed by atoms with E-state index >= 15 is 0 Å². The lowest BCUT2D eigenvalue weighted by molar-refractivity contribution is -0.127. The first-order valence-electron chi connectivity index (χ1n) is 9.80. The molecule has 0 atom stereocenters. The van der Waals surface area contributed by atoms with E-state index in [9.17, 15) is 9.59 Å². The minimum absolute atomic E-state index is 0. The van der Waals surface area contributed by atoms with Crippen molar-refractivity contribution >= 4 is 36.0 Å². The van der Waals surface area contributed by atoms with E-state index in [1.807, 2.05) is 29.2 Å². The summed E-state index contributed by atoms with van der Waals surface area (Å²) in [6.45, 7) is 4.03. The Hall–Kier alpha value is -2.02. The zero-order valence-electron chi connectivity index (χ0n) is 16.3. The van der Waals surface area contributed by atoms with Gasteiger partial charge in [0.2, 0.25) is 5.91 Å². The molecule has 0 spiro atoms. The molecular formula is C22H26ClN3O2S. The molecule has 1 saturated heterocycles. The number of nitrogens with zero attached hydrogens (tertiary/aromatic N) is 1. The van der Waals surface area contributed by atoms with Crippen LogP contribution in [0.5, 0.6) is 0 Å². The summed E-state index contributed by atoms with van der Waals surface area (Å²) >= 11 is 1.45. The Morgan fingerprint density at radius 2 is 1.79 bits per heavy atom. The number of nitrogens with one attached hydrogen (secondary N) is 2. The minimum atomic E-state index is -0.102. The van der Waals surface area contributed by atoms with Crippen LogP contribution >= 0.6 is 24.2 Å². The van der Waals surface area contributed by atoms with Gasteiger partial charge in [-0.05, 0) is 41.7 Å². The summed E-state index contributed by atoms with van der Waals surface area (Å²) in [6.07, 6.45) is 2.18. The molecule has 4 rings (SSSR count).